The van der Waals surface area contributed by atoms with E-state index in [9.17, 15) is 0 Å². The summed E-state index contributed by atoms with van der Waals surface area (Å²) in [6, 6.07) is 2.51. The van der Waals surface area contributed by atoms with Crippen molar-refractivity contribution in [2.45, 2.75) is 46.6 Å². The van der Waals surface area contributed by atoms with Crippen molar-refractivity contribution in [2.24, 2.45) is 0 Å². The first kappa shape index (κ1) is 15.2. The summed E-state index contributed by atoms with van der Waals surface area (Å²) in [5.74, 6) is 1.84. The highest BCUT2D eigenvalue weighted by atomic mass is 15.2. The van der Waals surface area contributed by atoms with Gasteiger partial charge in [0, 0.05) is 24.7 Å². The zero-order valence-electron chi connectivity index (χ0n) is 12.3. The van der Waals surface area contributed by atoms with E-state index < -0.39 is 0 Å². The van der Waals surface area contributed by atoms with Crippen LogP contribution in [0.3, 0.4) is 0 Å². The maximum absolute atomic E-state index is 8.79. The second-order valence-electron chi connectivity index (χ2n) is 4.60. The average molecular weight is 261 g/mol. The lowest BCUT2D eigenvalue weighted by molar-refractivity contribution is 0.671. The van der Waals surface area contributed by atoms with Gasteiger partial charge in [0.05, 0.1) is 12.5 Å². The van der Waals surface area contributed by atoms with Crippen molar-refractivity contribution >= 4 is 11.6 Å². The van der Waals surface area contributed by atoms with Crippen LogP contribution >= 0.6 is 0 Å². The van der Waals surface area contributed by atoms with Gasteiger partial charge in [0.2, 0.25) is 0 Å². The molecule has 5 nitrogen and oxygen atoms in total. The minimum Gasteiger partial charge on any atom is -0.370 e. The van der Waals surface area contributed by atoms with Crippen molar-refractivity contribution in [3.63, 3.8) is 0 Å². The molecule has 1 aromatic heterocycles. The highest BCUT2D eigenvalue weighted by molar-refractivity contribution is 5.59. The zero-order chi connectivity index (χ0) is 14.3. The first-order valence-electron chi connectivity index (χ1n) is 6.86. The molecule has 0 bridgehead atoms. The van der Waals surface area contributed by atoms with E-state index in [4.69, 9.17) is 5.26 Å². The lowest BCUT2D eigenvalue weighted by atomic mass is 10.1. The molecule has 0 saturated heterocycles. The molecule has 0 unspecified atom stereocenters. The van der Waals surface area contributed by atoms with Crippen LogP contribution in [0.4, 0.5) is 11.6 Å². The molecule has 0 amide bonds. The van der Waals surface area contributed by atoms with Gasteiger partial charge in [-0.25, -0.2) is 9.97 Å². The van der Waals surface area contributed by atoms with Gasteiger partial charge in [-0.05, 0) is 27.2 Å². The van der Waals surface area contributed by atoms with Crippen LogP contribution in [-0.4, -0.2) is 29.1 Å². The summed E-state index contributed by atoms with van der Waals surface area (Å²) in [5, 5.41) is 12.1. The molecule has 1 N–H and O–H groups in total. The van der Waals surface area contributed by atoms with Crippen molar-refractivity contribution in [1.29, 1.82) is 5.26 Å². The van der Waals surface area contributed by atoms with E-state index in [0.29, 0.717) is 19.0 Å². The fourth-order valence-corrected chi connectivity index (χ4v) is 2.07. The molecule has 0 aromatic carbocycles. The van der Waals surface area contributed by atoms with Crippen molar-refractivity contribution in [3.8, 4) is 6.07 Å². The number of rotatable bonds is 7. The van der Waals surface area contributed by atoms with Crippen molar-refractivity contribution in [1.82, 2.24) is 9.97 Å². The first-order chi connectivity index (χ1) is 9.15. The summed E-state index contributed by atoms with van der Waals surface area (Å²) < 4.78 is 0. The normalized spacial score (nSPS) is 10.3. The molecule has 0 radical (unpaired) electrons. The Morgan fingerprint density at radius 2 is 2.11 bits per heavy atom. The highest BCUT2D eigenvalue weighted by Crippen LogP contribution is 2.25. The van der Waals surface area contributed by atoms with Gasteiger partial charge in [-0.3, -0.25) is 0 Å². The average Bonchev–Trinajstić information content (AvgIpc) is 2.39. The Hall–Kier alpha value is -1.83. The predicted molar refractivity (Wildman–Crippen MR) is 78.3 cm³/mol. The number of hydrogen-bond donors (Lipinski definition) is 1. The van der Waals surface area contributed by atoms with Crippen molar-refractivity contribution < 1.29 is 0 Å². The summed E-state index contributed by atoms with van der Waals surface area (Å²) in [7, 11) is 0. The molecule has 0 saturated carbocycles. The van der Waals surface area contributed by atoms with Gasteiger partial charge in [0.15, 0.2) is 0 Å². The highest BCUT2D eigenvalue weighted by Gasteiger charge is 2.18. The van der Waals surface area contributed by atoms with Crippen LogP contribution in [0.25, 0.3) is 0 Å². The van der Waals surface area contributed by atoms with Crippen LogP contribution in [0, 0.1) is 11.3 Å². The van der Waals surface area contributed by atoms with Gasteiger partial charge in [0.25, 0.3) is 0 Å². The first-order valence-corrected chi connectivity index (χ1v) is 6.86. The zero-order valence-corrected chi connectivity index (χ0v) is 12.3. The molecule has 0 aliphatic rings. The van der Waals surface area contributed by atoms with E-state index in [1.807, 2.05) is 0 Å². The van der Waals surface area contributed by atoms with E-state index >= 15 is 0 Å². The molecule has 1 rings (SSSR count). The Bertz CT molecular complexity index is 436. The summed E-state index contributed by atoms with van der Waals surface area (Å²) in [6.07, 6.45) is 2.96. The Labute approximate surface area is 115 Å². The van der Waals surface area contributed by atoms with Gasteiger partial charge in [0.1, 0.15) is 18.0 Å². The number of aromatic nitrogens is 2. The predicted octanol–water partition coefficient (Wildman–Crippen LogP) is 2.60. The summed E-state index contributed by atoms with van der Waals surface area (Å²) >= 11 is 0. The molecule has 1 aromatic rings. The molecule has 104 valence electrons. The monoisotopic (exact) mass is 261 g/mol. The Morgan fingerprint density at radius 3 is 2.63 bits per heavy atom. The van der Waals surface area contributed by atoms with E-state index in [-0.39, 0.29) is 0 Å². The SMILES string of the molecule is CCNc1ncnc(N(CCC#N)C(C)C)c1CC. The summed E-state index contributed by atoms with van der Waals surface area (Å²) in [5.41, 5.74) is 1.12. The smallest absolute Gasteiger partial charge is 0.137 e. The van der Waals surface area contributed by atoms with Crippen LogP contribution in [0.5, 0.6) is 0 Å². The molecular formula is C14H23N5. The molecule has 0 fully saturated rings. The molecule has 0 spiro atoms. The number of hydrogen-bond acceptors (Lipinski definition) is 5. The number of anilines is 2. The van der Waals surface area contributed by atoms with Gasteiger partial charge in [-0.15, -0.1) is 0 Å². The number of nitrogens with zero attached hydrogens (tertiary/aromatic N) is 4. The molecule has 1 heterocycles. The molecule has 0 atom stereocenters. The van der Waals surface area contributed by atoms with Crippen molar-refractivity contribution in [3.05, 3.63) is 11.9 Å². The third-order valence-corrected chi connectivity index (χ3v) is 2.98. The van der Waals surface area contributed by atoms with Crippen LogP contribution in [-0.2, 0) is 6.42 Å². The summed E-state index contributed by atoms with van der Waals surface area (Å²) in [6.45, 7) is 9.92. The largest absolute Gasteiger partial charge is 0.370 e. The van der Waals surface area contributed by atoms with Crippen LogP contribution < -0.4 is 10.2 Å². The minimum absolute atomic E-state index is 0.308. The Morgan fingerprint density at radius 1 is 1.37 bits per heavy atom. The third-order valence-electron chi connectivity index (χ3n) is 2.98. The van der Waals surface area contributed by atoms with Gasteiger partial charge >= 0.3 is 0 Å². The standard InChI is InChI=1S/C14H23N5/c1-5-12-13(16-6-2)17-10-18-14(12)19(11(3)4)9-7-8-15/h10-11H,5-7,9H2,1-4H3,(H,16,17,18). The minimum atomic E-state index is 0.308. The van der Waals surface area contributed by atoms with Gasteiger partial charge < -0.3 is 10.2 Å². The second-order valence-corrected chi connectivity index (χ2v) is 4.60. The van der Waals surface area contributed by atoms with Crippen molar-refractivity contribution in [2.75, 3.05) is 23.3 Å². The van der Waals surface area contributed by atoms with E-state index in [1.165, 1.54) is 0 Å². The molecular weight excluding hydrogens is 238 g/mol. The third kappa shape index (κ3) is 3.82. The van der Waals surface area contributed by atoms with Gasteiger partial charge in [-0.2, -0.15) is 5.26 Å². The Balaban J connectivity index is 3.14. The van der Waals surface area contributed by atoms with E-state index in [2.05, 4.69) is 53.9 Å². The van der Waals surface area contributed by atoms with Crippen LogP contribution in [0.1, 0.15) is 39.7 Å². The maximum Gasteiger partial charge on any atom is 0.137 e. The fraction of sp³-hybridized carbons (Fsp3) is 0.643. The summed E-state index contributed by atoms with van der Waals surface area (Å²) in [4.78, 5) is 10.9. The lowest BCUT2D eigenvalue weighted by Crippen LogP contribution is -2.33. The maximum atomic E-state index is 8.79. The molecule has 19 heavy (non-hydrogen) atoms. The van der Waals surface area contributed by atoms with Gasteiger partial charge in [-0.1, -0.05) is 6.92 Å². The molecule has 5 heteroatoms. The second kappa shape index (κ2) is 7.57. The molecule has 0 aliphatic heterocycles. The molecule has 0 aliphatic carbocycles. The van der Waals surface area contributed by atoms with Crippen LogP contribution in [0.15, 0.2) is 6.33 Å². The number of nitrogens with one attached hydrogen (secondary N) is 1. The lowest BCUT2D eigenvalue weighted by Gasteiger charge is -2.29. The quantitative estimate of drug-likeness (QED) is 0.817. The van der Waals surface area contributed by atoms with E-state index in [1.54, 1.807) is 6.33 Å². The Kier molecular flexibility index (Phi) is 6.07. The fourth-order valence-electron chi connectivity index (χ4n) is 2.07. The topological polar surface area (TPSA) is 64.8 Å². The van der Waals surface area contributed by atoms with Crippen LogP contribution in [0.2, 0.25) is 0 Å². The van der Waals surface area contributed by atoms with E-state index in [0.717, 1.165) is 30.2 Å². The number of nitriles is 1.